The topological polar surface area (TPSA) is 84.9 Å². The standard InChI is InChI=1S/C20H26N2O5S/c1-5-27-19-13-9-7-11-17(19)22(28(4,24)25)14-20(23)21-15(2)16-10-6-8-12-18(16)26-3/h6-13,15H,5,14H2,1-4H3,(H,21,23)/t15-/m0/s1. The summed E-state index contributed by atoms with van der Waals surface area (Å²) in [5, 5.41) is 2.83. The van der Waals surface area contributed by atoms with Gasteiger partial charge in [0.25, 0.3) is 0 Å². The first-order chi connectivity index (χ1) is 13.3. The number of carbonyl (C=O) groups is 1. The molecule has 0 heterocycles. The van der Waals surface area contributed by atoms with Crippen molar-refractivity contribution in [2.75, 3.05) is 30.8 Å². The van der Waals surface area contributed by atoms with Crippen LogP contribution < -0.4 is 19.1 Å². The van der Waals surface area contributed by atoms with Gasteiger partial charge in [-0.2, -0.15) is 0 Å². The van der Waals surface area contributed by atoms with Gasteiger partial charge in [0.05, 0.1) is 31.7 Å². The Balaban J connectivity index is 2.23. The number of amides is 1. The van der Waals surface area contributed by atoms with E-state index < -0.39 is 15.9 Å². The molecule has 2 aromatic rings. The minimum absolute atomic E-state index is 0.326. The van der Waals surface area contributed by atoms with E-state index in [2.05, 4.69) is 5.32 Å². The molecule has 0 bridgehead atoms. The lowest BCUT2D eigenvalue weighted by molar-refractivity contribution is -0.120. The fourth-order valence-electron chi connectivity index (χ4n) is 2.84. The molecule has 0 spiro atoms. The molecule has 2 aromatic carbocycles. The highest BCUT2D eigenvalue weighted by Gasteiger charge is 2.25. The highest BCUT2D eigenvalue weighted by molar-refractivity contribution is 7.92. The molecular formula is C20H26N2O5S. The van der Waals surface area contributed by atoms with Crippen LogP contribution in [0, 0.1) is 0 Å². The van der Waals surface area contributed by atoms with Crippen LogP contribution in [0.4, 0.5) is 5.69 Å². The van der Waals surface area contributed by atoms with E-state index in [-0.39, 0.29) is 12.6 Å². The highest BCUT2D eigenvalue weighted by atomic mass is 32.2. The molecule has 1 amide bonds. The quantitative estimate of drug-likeness (QED) is 0.692. The number of nitrogens with one attached hydrogen (secondary N) is 1. The molecule has 0 aliphatic carbocycles. The van der Waals surface area contributed by atoms with Crippen LogP contribution in [-0.2, 0) is 14.8 Å². The Kier molecular flexibility index (Phi) is 7.28. The highest BCUT2D eigenvalue weighted by Crippen LogP contribution is 2.30. The average molecular weight is 407 g/mol. The summed E-state index contributed by atoms with van der Waals surface area (Å²) in [6.07, 6.45) is 1.06. The molecule has 0 aromatic heterocycles. The summed E-state index contributed by atoms with van der Waals surface area (Å²) in [5.41, 5.74) is 1.13. The van der Waals surface area contributed by atoms with Crippen LogP contribution in [0.25, 0.3) is 0 Å². The van der Waals surface area contributed by atoms with Crippen LogP contribution >= 0.6 is 0 Å². The first-order valence-electron chi connectivity index (χ1n) is 8.89. The number of carbonyl (C=O) groups excluding carboxylic acids is 1. The van der Waals surface area contributed by atoms with E-state index in [0.29, 0.717) is 23.8 Å². The first kappa shape index (κ1) is 21.6. The van der Waals surface area contributed by atoms with Crippen molar-refractivity contribution in [1.29, 1.82) is 0 Å². The lowest BCUT2D eigenvalue weighted by Gasteiger charge is -2.25. The number of sulfonamides is 1. The first-order valence-corrected chi connectivity index (χ1v) is 10.7. The number of nitrogens with zero attached hydrogens (tertiary/aromatic N) is 1. The Morgan fingerprint density at radius 2 is 1.71 bits per heavy atom. The van der Waals surface area contributed by atoms with Crippen molar-refractivity contribution in [3.63, 3.8) is 0 Å². The fourth-order valence-corrected chi connectivity index (χ4v) is 3.70. The van der Waals surface area contributed by atoms with Gasteiger partial charge in [-0.05, 0) is 32.0 Å². The van der Waals surface area contributed by atoms with E-state index in [4.69, 9.17) is 9.47 Å². The van der Waals surface area contributed by atoms with Gasteiger partial charge < -0.3 is 14.8 Å². The SMILES string of the molecule is CCOc1ccccc1N(CC(=O)N[C@@H](C)c1ccccc1OC)S(C)(=O)=O. The summed E-state index contributed by atoms with van der Waals surface area (Å²) < 4.78 is 36.6. The third-order valence-electron chi connectivity index (χ3n) is 4.10. The zero-order chi connectivity index (χ0) is 20.7. The second-order valence-electron chi connectivity index (χ2n) is 6.20. The van der Waals surface area contributed by atoms with Crippen LogP contribution in [0.5, 0.6) is 11.5 Å². The number of methoxy groups -OCH3 is 1. The normalized spacial score (nSPS) is 12.1. The maximum Gasteiger partial charge on any atom is 0.241 e. The van der Waals surface area contributed by atoms with Gasteiger partial charge in [-0.3, -0.25) is 9.10 Å². The van der Waals surface area contributed by atoms with Crippen LogP contribution in [0.15, 0.2) is 48.5 Å². The monoisotopic (exact) mass is 406 g/mol. The van der Waals surface area contributed by atoms with Gasteiger partial charge in [-0.15, -0.1) is 0 Å². The Labute approximate surface area is 166 Å². The summed E-state index contributed by atoms with van der Waals surface area (Å²) in [6, 6.07) is 13.7. The van der Waals surface area contributed by atoms with Gasteiger partial charge in [0.1, 0.15) is 18.0 Å². The van der Waals surface area contributed by atoms with Crippen molar-refractivity contribution in [1.82, 2.24) is 5.32 Å². The molecule has 0 radical (unpaired) electrons. The van der Waals surface area contributed by atoms with Gasteiger partial charge in [0, 0.05) is 5.56 Å². The zero-order valence-corrected chi connectivity index (χ0v) is 17.3. The second-order valence-corrected chi connectivity index (χ2v) is 8.11. The molecule has 7 nitrogen and oxygen atoms in total. The summed E-state index contributed by atoms with van der Waals surface area (Å²) in [6.45, 7) is 3.64. The van der Waals surface area contributed by atoms with E-state index in [1.807, 2.05) is 32.0 Å². The van der Waals surface area contributed by atoms with E-state index in [1.165, 1.54) is 0 Å². The zero-order valence-electron chi connectivity index (χ0n) is 16.5. The number of hydrogen-bond donors (Lipinski definition) is 1. The molecule has 0 aliphatic heterocycles. The Hall–Kier alpha value is -2.74. The van der Waals surface area contributed by atoms with Gasteiger partial charge in [-0.25, -0.2) is 8.42 Å². The molecule has 2 rings (SSSR count). The van der Waals surface area contributed by atoms with Gasteiger partial charge in [0.2, 0.25) is 15.9 Å². The second kappa shape index (κ2) is 9.45. The van der Waals surface area contributed by atoms with E-state index >= 15 is 0 Å². The fraction of sp³-hybridized carbons (Fsp3) is 0.350. The summed E-state index contributed by atoms with van der Waals surface area (Å²) in [7, 11) is -2.14. The molecule has 1 N–H and O–H groups in total. The molecule has 1 atom stereocenters. The number of ether oxygens (including phenoxy) is 2. The van der Waals surface area contributed by atoms with E-state index in [9.17, 15) is 13.2 Å². The van der Waals surface area contributed by atoms with Gasteiger partial charge in [-0.1, -0.05) is 30.3 Å². The number of benzene rings is 2. The van der Waals surface area contributed by atoms with Crippen LogP contribution in [0.1, 0.15) is 25.5 Å². The smallest absolute Gasteiger partial charge is 0.241 e. The molecule has 152 valence electrons. The molecule has 0 fully saturated rings. The van der Waals surface area contributed by atoms with Crippen molar-refractivity contribution in [3.05, 3.63) is 54.1 Å². The van der Waals surface area contributed by atoms with Crippen molar-refractivity contribution in [2.24, 2.45) is 0 Å². The summed E-state index contributed by atoms with van der Waals surface area (Å²) >= 11 is 0. The van der Waals surface area contributed by atoms with E-state index in [1.54, 1.807) is 37.4 Å². The van der Waals surface area contributed by atoms with Gasteiger partial charge >= 0.3 is 0 Å². The summed E-state index contributed by atoms with van der Waals surface area (Å²) in [4.78, 5) is 12.6. The predicted octanol–water partition coefficient (Wildman–Crippen LogP) is 2.74. The molecular weight excluding hydrogens is 380 g/mol. The molecule has 8 heteroatoms. The third kappa shape index (κ3) is 5.39. The van der Waals surface area contributed by atoms with Crippen LogP contribution in [0.2, 0.25) is 0 Å². The predicted molar refractivity (Wildman–Crippen MR) is 109 cm³/mol. The molecule has 28 heavy (non-hydrogen) atoms. The van der Waals surface area contributed by atoms with Crippen LogP contribution in [0.3, 0.4) is 0 Å². The average Bonchev–Trinajstić information content (AvgIpc) is 2.66. The van der Waals surface area contributed by atoms with Crippen LogP contribution in [-0.4, -0.2) is 40.8 Å². The minimum Gasteiger partial charge on any atom is -0.496 e. The number of anilines is 1. The lowest BCUT2D eigenvalue weighted by Crippen LogP contribution is -2.41. The Morgan fingerprint density at radius 3 is 2.32 bits per heavy atom. The van der Waals surface area contributed by atoms with Crippen molar-refractivity contribution in [3.8, 4) is 11.5 Å². The van der Waals surface area contributed by atoms with Crippen molar-refractivity contribution in [2.45, 2.75) is 19.9 Å². The molecule has 0 aliphatic rings. The molecule has 0 unspecified atom stereocenters. The maximum absolute atomic E-state index is 12.6. The largest absolute Gasteiger partial charge is 0.496 e. The number of hydrogen-bond acceptors (Lipinski definition) is 5. The number of rotatable bonds is 9. The third-order valence-corrected chi connectivity index (χ3v) is 5.23. The summed E-state index contributed by atoms with van der Waals surface area (Å²) in [5.74, 6) is 0.619. The minimum atomic E-state index is -3.70. The molecule has 0 saturated heterocycles. The van der Waals surface area contributed by atoms with Gasteiger partial charge in [0.15, 0.2) is 0 Å². The Morgan fingerprint density at radius 1 is 1.11 bits per heavy atom. The Bertz CT molecular complexity index is 914. The lowest BCUT2D eigenvalue weighted by atomic mass is 10.1. The maximum atomic E-state index is 12.6. The van der Waals surface area contributed by atoms with Crippen molar-refractivity contribution >= 4 is 21.6 Å². The van der Waals surface area contributed by atoms with Crippen molar-refractivity contribution < 1.29 is 22.7 Å². The number of para-hydroxylation sites is 3. The van der Waals surface area contributed by atoms with E-state index in [0.717, 1.165) is 16.1 Å². The molecule has 0 saturated carbocycles.